The Labute approximate surface area is 86.1 Å². The summed E-state index contributed by atoms with van der Waals surface area (Å²) in [5, 5.41) is 3.14. The molecule has 0 aliphatic carbocycles. The van der Waals surface area contributed by atoms with Gasteiger partial charge in [0.15, 0.2) is 0 Å². The Kier molecular flexibility index (Phi) is 5.33. The van der Waals surface area contributed by atoms with Crippen LogP contribution < -0.4 is 5.32 Å². The molecule has 0 bridgehead atoms. The molecule has 0 saturated carbocycles. The van der Waals surface area contributed by atoms with Crippen molar-refractivity contribution >= 4 is 0 Å². The fourth-order valence-electron chi connectivity index (χ4n) is 1.48. The maximum atomic E-state index is 5.00. The van der Waals surface area contributed by atoms with Crippen molar-refractivity contribution in [2.45, 2.75) is 25.9 Å². The summed E-state index contributed by atoms with van der Waals surface area (Å²) in [6.45, 7) is 2.91. The van der Waals surface area contributed by atoms with Gasteiger partial charge in [-0.25, -0.2) is 0 Å². The summed E-state index contributed by atoms with van der Waals surface area (Å²) < 4.78 is 7.24. The zero-order valence-electron chi connectivity index (χ0n) is 9.12. The fraction of sp³-hybridized carbons (Fsp3) is 0.636. The van der Waals surface area contributed by atoms with Crippen LogP contribution >= 0.6 is 0 Å². The first kappa shape index (κ1) is 11.3. The Balaban J connectivity index is 2.22. The number of nitrogens with one attached hydrogen (secondary N) is 1. The van der Waals surface area contributed by atoms with E-state index in [4.69, 9.17) is 4.74 Å². The van der Waals surface area contributed by atoms with Gasteiger partial charge in [0.25, 0.3) is 0 Å². The zero-order valence-corrected chi connectivity index (χ0v) is 9.12. The third kappa shape index (κ3) is 3.94. The summed E-state index contributed by atoms with van der Waals surface area (Å²) in [5.74, 6) is 0. The summed E-state index contributed by atoms with van der Waals surface area (Å²) in [7, 11) is 3.72. The minimum Gasteiger partial charge on any atom is -0.385 e. The van der Waals surface area contributed by atoms with Gasteiger partial charge in [-0.3, -0.25) is 0 Å². The summed E-state index contributed by atoms with van der Waals surface area (Å²) in [4.78, 5) is 0. The van der Waals surface area contributed by atoms with Gasteiger partial charge in [0, 0.05) is 39.2 Å². The third-order valence-corrected chi connectivity index (χ3v) is 2.21. The number of unbranched alkanes of at least 4 members (excludes halogenated alkanes) is 1. The first-order valence-electron chi connectivity index (χ1n) is 5.15. The zero-order chi connectivity index (χ0) is 10.2. The van der Waals surface area contributed by atoms with Crippen molar-refractivity contribution in [3.05, 3.63) is 24.0 Å². The van der Waals surface area contributed by atoms with Gasteiger partial charge in [0.1, 0.15) is 0 Å². The standard InChI is InChI=1S/C11H20N2O/c1-12-9-11-5-7-13(10-11)6-3-4-8-14-2/h5,7,10,12H,3-4,6,8-9H2,1-2H3. The molecular weight excluding hydrogens is 176 g/mol. The van der Waals surface area contributed by atoms with Crippen LogP contribution in [-0.4, -0.2) is 25.3 Å². The molecule has 0 saturated heterocycles. The molecule has 1 N–H and O–H groups in total. The van der Waals surface area contributed by atoms with Crippen LogP contribution in [0, 0.1) is 0 Å². The van der Waals surface area contributed by atoms with Gasteiger partial charge in [0.2, 0.25) is 0 Å². The highest BCUT2D eigenvalue weighted by Gasteiger charge is 1.95. The molecule has 0 spiro atoms. The second kappa shape index (κ2) is 6.62. The second-order valence-corrected chi connectivity index (χ2v) is 3.49. The van der Waals surface area contributed by atoms with Crippen LogP contribution in [0.25, 0.3) is 0 Å². The van der Waals surface area contributed by atoms with E-state index in [9.17, 15) is 0 Å². The highest BCUT2D eigenvalue weighted by molar-refractivity contribution is 5.09. The van der Waals surface area contributed by atoms with E-state index in [1.165, 1.54) is 12.0 Å². The van der Waals surface area contributed by atoms with Gasteiger partial charge in [-0.05, 0) is 31.5 Å². The smallest absolute Gasteiger partial charge is 0.0462 e. The Morgan fingerprint density at radius 1 is 1.43 bits per heavy atom. The minimum atomic E-state index is 0.866. The lowest BCUT2D eigenvalue weighted by Crippen LogP contribution is -2.04. The number of aryl methyl sites for hydroxylation is 1. The molecule has 3 nitrogen and oxygen atoms in total. The summed E-state index contributed by atoms with van der Waals surface area (Å²) in [6, 6.07) is 2.16. The van der Waals surface area contributed by atoms with Crippen molar-refractivity contribution in [3.8, 4) is 0 Å². The molecule has 1 rings (SSSR count). The van der Waals surface area contributed by atoms with Crippen LogP contribution in [0.5, 0.6) is 0 Å². The number of ether oxygens (including phenoxy) is 1. The van der Waals surface area contributed by atoms with Crippen molar-refractivity contribution < 1.29 is 4.74 Å². The highest BCUT2D eigenvalue weighted by atomic mass is 16.5. The number of hydrogen-bond donors (Lipinski definition) is 1. The van der Waals surface area contributed by atoms with E-state index >= 15 is 0 Å². The molecule has 0 atom stereocenters. The van der Waals surface area contributed by atoms with Gasteiger partial charge in [-0.2, -0.15) is 0 Å². The molecule has 1 heterocycles. The highest BCUT2D eigenvalue weighted by Crippen LogP contribution is 2.03. The molecule has 0 fully saturated rings. The van der Waals surface area contributed by atoms with Crippen LogP contribution in [0.4, 0.5) is 0 Å². The van der Waals surface area contributed by atoms with Crippen molar-refractivity contribution in [2.75, 3.05) is 20.8 Å². The normalized spacial score (nSPS) is 10.7. The first-order chi connectivity index (χ1) is 6.86. The summed E-state index contributed by atoms with van der Waals surface area (Å²) >= 11 is 0. The van der Waals surface area contributed by atoms with Crippen molar-refractivity contribution in [3.63, 3.8) is 0 Å². The molecule has 0 aliphatic heterocycles. The van der Waals surface area contributed by atoms with E-state index in [0.29, 0.717) is 0 Å². The monoisotopic (exact) mass is 196 g/mol. The Hall–Kier alpha value is -0.800. The van der Waals surface area contributed by atoms with Crippen molar-refractivity contribution in [1.29, 1.82) is 0 Å². The maximum absolute atomic E-state index is 5.00. The topological polar surface area (TPSA) is 26.2 Å². The quantitative estimate of drug-likeness (QED) is 0.671. The van der Waals surface area contributed by atoms with Crippen LogP contribution in [0.3, 0.4) is 0 Å². The van der Waals surface area contributed by atoms with Crippen LogP contribution in [-0.2, 0) is 17.8 Å². The number of rotatable bonds is 7. The molecule has 1 aromatic rings. The lowest BCUT2D eigenvalue weighted by atomic mass is 10.3. The molecule has 0 amide bonds. The molecular formula is C11H20N2O. The van der Waals surface area contributed by atoms with E-state index in [0.717, 1.165) is 26.1 Å². The number of hydrogen-bond acceptors (Lipinski definition) is 2. The molecule has 80 valence electrons. The van der Waals surface area contributed by atoms with Crippen molar-refractivity contribution in [2.24, 2.45) is 0 Å². The molecule has 14 heavy (non-hydrogen) atoms. The van der Waals surface area contributed by atoms with Gasteiger partial charge >= 0.3 is 0 Å². The van der Waals surface area contributed by atoms with Gasteiger partial charge < -0.3 is 14.6 Å². The fourth-order valence-corrected chi connectivity index (χ4v) is 1.48. The molecule has 0 unspecified atom stereocenters. The van der Waals surface area contributed by atoms with Crippen LogP contribution in [0.1, 0.15) is 18.4 Å². The van der Waals surface area contributed by atoms with Gasteiger partial charge in [0.05, 0.1) is 0 Å². The van der Waals surface area contributed by atoms with Gasteiger partial charge in [-0.15, -0.1) is 0 Å². The lowest BCUT2D eigenvalue weighted by molar-refractivity contribution is 0.191. The maximum Gasteiger partial charge on any atom is 0.0462 e. The predicted octanol–water partition coefficient (Wildman–Crippen LogP) is 1.63. The molecule has 0 aliphatic rings. The molecule has 3 heteroatoms. The Morgan fingerprint density at radius 3 is 3.00 bits per heavy atom. The lowest BCUT2D eigenvalue weighted by Gasteiger charge is -2.02. The van der Waals surface area contributed by atoms with E-state index < -0.39 is 0 Å². The Morgan fingerprint density at radius 2 is 2.29 bits per heavy atom. The van der Waals surface area contributed by atoms with Crippen molar-refractivity contribution in [1.82, 2.24) is 9.88 Å². The van der Waals surface area contributed by atoms with Crippen LogP contribution in [0.15, 0.2) is 18.5 Å². The molecule has 0 aromatic carbocycles. The predicted molar refractivity (Wildman–Crippen MR) is 58.3 cm³/mol. The number of aromatic nitrogens is 1. The second-order valence-electron chi connectivity index (χ2n) is 3.49. The SMILES string of the molecule is CNCc1ccn(CCCCOC)c1. The van der Waals surface area contributed by atoms with E-state index in [2.05, 4.69) is 28.3 Å². The Bertz CT molecular complexity index is 245. The average molecular weight is 196 g/mol. The third-order valence-electron chi connectivity index (χ3n) is 2.21. The van der Waals surface area contributed by atoms with E-state index in [1.807, 2.05) is 7.05 Å². The van der Waals surface area contributed by atoms with E-state index in [-0.39, 0.29) is 0 Å². The number of methoxy groups -OCH3 is 1. The molecule has 1 aromatic heterocycles. The summed E-state index contributed by atoms with van der Waals surface area (Å²) in [6.07, 6.45) is 6.65. The van der Waals surface area contributed by atoms with E-state index in [1.54, 1.807) is 7.11 Å². The van der Waals surface area contributed by atoms with Crippen LogP contribution in [0.2, 0.25) is 0 Å². The van der Waals surface area contributed by atoms with Gasteiger partial charge in [-0.1, -0.05) is 0 Å². The average Bonchev–Trinajstić information content (AvgIpc) is 2.61. The minimum absolute atomic E-state index is 0.866. The first-order valence-corrected chi connectivity index (χ1v) is 5.15. The largest absolute Gasteiger partial charge is 0.385 e. The summed E-state index contributed by atoms with van der Waals surface area (Å²) in [5.41, 5.74) is 1.35. The number of nitrogens with zero attached hydrogens (tertiary/aromatic N) is 1. The molecule has 0 radical (unpaired) electrons.